The van der Waals surface area contributed by atoms with Crippen LogP contribution in [0.2, 0.25) is 0 Å². The second-order valence-electron chi connectivity index (χ2n) is 6.51. The van der Waals surface area contributed by atoms with Gasteiger partial charge in [-0.3, -0.25) is 14.2 Å². The van der Waals surface area contributed by atoms with Gasteiger partial charge in [-0.05, 0) is 24.6 Å². The van der Waals surface area contributed by atoms with Gasteiger partial charge in [-0.25, -0.2) is 9.97 Å². The molecule has 0 aliphatic carbocycles. The molecule has 0 bridgehead atoms. The molecule has 4 rings (SSSR count). The molecule has 0 radical (unpaired) electrons. The Hall–Kier alpha value is -3.79. The van der Waals surface area contributed by atoms with Crippen LogP contribution in [0.3, 0.4) is 0 Å². The Balaban J connectivity index is 2.04. The first kappa shape index (κ1) is 17.6. The van der Waals surface area contributed by atoms with Crippen molar-refractivity contribution >= 4 is 28.2 Å². The molecule has 1 N–H and O–H groups in total. The number of hydrogen-bond donors (Lipinski definition) is 1. The maximum absolute atomic E-state index is 12.0. The van der Waals surface area contributed by atoms with Gasteiger partial charge in [0.05, 0.1) is 11.7 Å². The van der Waals surface area contributed by atoms with Gasteiger partial charge in [0.15, 0.2) is 5.78 Å². The monoisotopic (exact) mass is 370 g/mol. The average molecular weight is 370 g/mol. The molecule has 0 spiro atoms. The van der Waals surface area contributed by atoms with Crippen LogP contribution < -0.4 is 5.32 Å². The second kappa shape index (κ2) is 6.74. The molecule has 0 aromatic carbocycles. The Bertz CT molecular complexity index is 1280. The number of Topliss-reactive ketones (excluding diaryl/α,β-unsaturated/α-hetero) is 1. The molecule has 0 aliphatic heterocycles. The minimum atomic E-state index is 0.00896. The molecule has 28 heavy (non-hydrogen) atoms. The number of aryl methyl sites for hydroxylation is 1. The summed E-state index contributed by atoms with van der Waals surface area (Å²) in [6.45, 7) is 3.77. The molecular formula is C21H18N6O. The number of rotatable bonds is 4. The fourth-order valence-corrected chi connectivity index (χ4v) is 3.35. The molecule has 4 heterocycles. The molecule has 0 aliphatic rings. The van der Waals surface area contributed by atoms with E-state index >= 15 is 0 Å². The highest BCUT2D eigenvalue weighted by atomic mass is 16.1. The van der Waals surface area contributed by atoms with E-state index in [4.69, 9.17) is 0 Å². The van der Waals surface area contributed by atoms with Gasteiger partial charge in [0.25, 0.3) is 0 Å². The van der Waals surface area contributed by atoms with E-state index in [9.17, 15) is 10.1 Å². The van der Waals surface area contributed by atoms with E-state index in [1.165, 1.54) is 0 Å². The summed E-state index contributed by atoms with van der Waals surface area (Å²) in [5.41, 5.74) is 5.04. The topological polar surface area (TPSA) is 96.0 Å². The number of imidazole rings is 1. The maximum Gasteiger partial charge on any atom is 0.180 e. The smallest absolute Gasteiger partial charge is 0.180 e. The van der Waals surface area contributed by atoms with Gasteiger partial charge < -0.3 is 5.32 Å². The largest absolute Gasteiger partial charge is 0.373 e. The number of fused-ring (bicyclic) bond motifs is 3. The number of pyridine rings is 3. The molecule has 0 saturated heterocycles. The highest BCUT2D eigenvalue weighted by molar-refractivity contribution is 5.96. The first-order valence-electron chi connectivity index (χ1n) is 8.95. The number of hydrogen-bond acceptors (Lipinski definition) is 6. The molecule has 7 nitrogen and oxygen atoms in total. The van der Waals surface area contributed by atoms with E-state index in [0.29, 0.717) is 29.3 Å². The maximum atomic E-state index is 12.0. The predicted octanol–water partition coefficient (Wildman–Crippen LogP) is 3.76. The fraction of sp³-hybridized carbons (Fsp3) is 0.190. The van der Waals surface area contributed by atoms with Gasteiger partial charge in [-0.2, -0.15) is 5.26 Å². The van der Waals surface area contributed by atoms with Crippen molar-refractivity contribution in [3.8, 4) is 17.2 Å². The third kappa shape index (κ3) is 2.67. The Morgan fingerprint density at radius 3 is 2.64 bits per heavy atom. The minimum Gasteiger partial charge on any atom is -0.373 e. The fourth-order valence-electron chi connectivity index (χ4n) is 3.35. The number of carbonyl (C=O) groups excluding carboxylic acids is 1. The van der Waals surface area contributed by atoms with Gasteiger partial charge in [0.2, 0.25) is 0 Å². The number of ketones is 1. The van der Waals surface area contributed by atoms with Crippen molar-refractivity contribution < 1.29 is 4.79 Å². The zero-order chi connectivity index (χ0) is 19.8. The van der Waals surface area contributed by atoms with Crippen LogP contribution >= 0.6 is 0 Å². The average Bonchev–Trinajstić information content (AvgIpc) is 3.17. The summed E-state index contributed by atoms with van der Waals surface area (Å²) in [6.07, 6.45) is 5.45. The van der Waals surface area contributed by atoms with E-state index in [2.05, 4.69) is 26.3 Å². The summed E-state index contributed by atoms with van der Waals surface area (Å²) in [7, 11) is 1.80. The molecule has 0 fully saturated rings. The highest BCUT2D eigenvalue weighted by Gasteiger charge is 2.17. The lowest BCUT2D eigenvalue weighted by Gasteiger charge is -2.12. The van der Waals surface area contributed by atoms with Crippen molar-refractivity contribution in [3.63, 3.8) is 0 Å². The van der Waals surface area contributed by atoms with Crippen molar-refractivity contribution in [3.05, 3.63) is 53.7 Å². The molecule has 4 aromatic heterocycles. The summed E-state index contributed by atoms with van der Waals surface area (Å²) in [6, 6.07) is 7.90. The summed E-state index contributed by atoms with van der Waals surface area (Å²) >= 11 is 0. The summed E-state index contributed by atoms with van der Waals surface area (Å²) in [4.78, 5) is 25.2. The summed E-state index contributed by atoms with van der Waals surface area (Å²) in [5.74, 6) is 0.717. The van der Waals surface area contributed by atoms with Crippen LogP contribution in [-0.2, 0) is 0 Å². The third-order valence-corrected chi connectivity index (χ3v) is 4.83. The van der Waals surface area contributed by atoms with E-state index < -0.39 is 0 Å². The Morgan fingerprint density at radius 1 is 1.14 bits per heavy atom. The molecular weight excluding hydrogens is 352 g/mol. The van der Waals surface area contributed by atoms with Crippen LogP contribution in [0.15, 0.2) is 36.8 Å². The first-order chi connectivity index (χ1) is 13.6. The van der Waals surface area contributed by atoms with Crippen LogP contribution in [0.25, 0.3) is 27.7 Å². The molecule has 138 valence electrons. The van der Waals surface area contributed by atoms with Gasteiger partial charge in [-0.1, -0.05) is 6.92 Å². The van der Waals surface area contributed by atoms with Crippen LogP contribution in [0.1, 0.15) is 35.1 Å². The van der Waals surface area contributed by atoms with E-state index in [0.717, 1.165) is 27.6 Å². The number of nitrogens with zero attached hydrogens (tertiary/aromatic N) is 5. The van der Waals surface area contributed by atoms with Gasteiger partial charge >= 0.3 is 0 Å². The van der Waals surface area contributed by atoms with Crippen LogP contribution in [0.5, 0.6) is 0 Å². The van der Waals surface area contributed by atoms with Crippen molar-refractivity contribution in [1.82, 2.24) is 19.4 Å². The van der Waals surface area contributed by atoms with Crippen LogP contribution in [0, 0.1) is 18.3 Å². The number of nitrogens with one attached hydrogen (secondary N) is 1. The van der Waals surface area contributed by atoms with Crippen molar-refractivity contribution in [2.45, 2.75) is 20.3 Å². The van der Waals surface area contributed by atoms with E-state index in [1.54, 1.807) is 31.7 Å². The molecule has 0 amide bonds. The van der Waals surface area contributed by atoms with Crippen molar-refractivity contribution in [2.24, 2.45) is 0 Å². The molecule has 0 unspecified atom stereocenters. The normalized spacial score (nSPS) is 10.9. The quantitative estimate of drug-likeness (QED) is 0.550. The van der Waals surface area contributed by atoms with Crippen molar-refractivity contribution in [2.75, 3.05) is 12.4 Å². The van der Waals surface area contributed by atoms with Crippen LogP contribution in [0.4, 0.5) is 5.82 Å². The molecule has 0 saturated carbocycles. The number of anilines is 1. The Kier molecular flexibility index (Phi) is 4.24. The third-order valence-electron chi connectivity index (χ3n) is 4.83. The van der Waals surface area contributed by atoms with Gasteiger partial charge in [-0.15, -0.1) is 0 Å². The minimum absolute atomic E-state index is 0.00896. The second-order valence-corrected chi connectivity index (χ2v) is 6.51. The van der Waals surface area contributed by atoms with E-state index in [1.807, 2.05) is 30.4 Å². The Morgan fingerprint density at radius 2 is 1.96 bits per heavy atom. The molecule has 7 heteroatoms. The lowest BCUT2D eigenvalue weighted by molar-refractivity contribution is 0.0983. The standard InChI is InChI=1S/C21H18N6O/c1-4-19(28)17-5-12(2)16(11-24-17)15-6-13-9-25-20(23-3)7-18(13)27-14(8-22)10-26-21(15)27/h5-7,9-11H,4H2,1-3H3,(H,23,25). The lowest BCUT2D eigenvalue weighted by atomic mass is 10.0. The lowest BCUT2D eigenvalue weighted by Crippen LogP contribution is -2.02. The zero-order valence-electron chi connectivity index (χ0n) is 15.8. The van der Waals surface area contributed by atoms with Gasteiger partial charge in [0.1, 0.15) is 28.9 Å². The summed E-state index contributed by atoms with van der Waals surface area (Å²) in [5, 5.41) is 13.5. The first-order valence-corrected chi connectivity index (χ1v) is 8.95. The number of nitriles is 1. The summed E-state index contributed by atoms with van der Waals surface area (Å²) < 4.78 is 1.83. The van der Waals surface area contributed by atoms with Gasteiger partial charge in [0, 0.05) is 48.4 Å². The van der Waals surface area contributed by atoms with Crippen LogP contribution in [-0.4, -0.2) is 32.2 Å². The molecule has 0 atom stereocenters. The number of carbonyl (C=O) groups is 1. The van der Waals surface area contributed by atoms with E-state index in [-0.39, 0.29) is 5.78 Å². The highest BCUT2D eigenvalue weighted by Crippen LogP contribution is 2.32. The molecule has 4 aromatic rings. The SMILES string of the molecule is CCC(=O)c1cc(C)c(-c2cc3cnc(NC)cc3n3c(C#N)cnc23)cn1. The number of aromatic nitrogens is 4. The van der Waals surface area contributed by atoms with Crippen molar-refractivity contribution in [1.29, 1.82) is 5.26 Å². The Labute approximate surface area is 161 Å². The predicted molar refractivity (Wildman–Crippen MR) is 107 cm³/mol. The zero-order valence-corrected chi connectivity index (χ0v) is 15.8.